The normalized spacial score (nSPS) is 14.7. The number of benzene rings is 1. The van der Waals surface area contributed by atoms with E-state index in [0.717, 1.165) is 11.4 Å². The lowest BCUT2D eigenvalue weighted by Crippen LogP contribution is -2.19. The number of nitrogens with zero attached hydrogens (tertiary/aromatic N) is 2. The number of hydrogen-bond donors (Lipinski definition) is 2. The number of rotatable bonds is 8. The molecule has 156 valence electrons. The Hall–Kier alpha value is -2.83. The highest BCUT2D eigenvalue weighted by molar-refractivity contribution is 5.89. The lowest BCUT2D eigenvalue weighted by atomic mass is 10.1. The van der Waals surface area contributed by atoms with Gasteiger partial charge in [0, 0.05) is 12.5 Å². The zero-order valence-corrected chi connectivity index (χ0v) is 17.2. The highest BCUT2D eigenvalue weighted by Gasteiger charge is 2.13. The van der Waals surface area contributed by atoms with Gasteiger partial charge in [-0.25, -0.2) is 0 Å². The second-order valence-electron chi connectivity index (χ2n) is 7.37. The summed E-state index contributed by atoms with van der Waals surface area (Å²) >= 11 is 0. The third kappa shape index (κ3) is 6.34. The van der Waals surface area contributed by atoms with E-state index in [-0.39, 0.29) is 5.91 Å². The Bertz CT molecular complexity index is 787. The smallest absolute Gasteiger partial charge is 0.225 e. The van der Waals surface area contributed by atoms with Crippen molar-refractivity contribution in [1.29, 1.82) is 0 Å². The lowest BCUT2D eigenvalue weighted by molar-refractivity contribution is -0.116. The fraction of sp³-hybridized carbons (Fsp3) is 0.500. The van der Waals surface area contributed by atoms with Gasteiger partial charge in [-0.1, -0.05) is 31.7 Å². The van der Waals surface area contributed by atoms with E-state index < -0.39 is 0 Å². The Morgan fingerprint density at radius 2 is 1.66 bits per heavy atom. The van der Waals surface area contributed by atoms with Crippen molar-refractivity contribution in [3.8, 4) is 11.5 Å². The number of carbonyl (C=O) groups excluding carboxylic acids is 1. The maximum absolute atomic E-state index is 12.3. The highest BCUT2D eigenvalue weighted by atomic mass is 16.5. The van der Waals surface area contributed by atoms with Gasteiger partial charge in [0.2, 0.25) is 5.91 Å². The van der Waals surface area contributed by atoms with E-state index in [1.807, 2.05) is 24.3 Å². The van der Waals surface area contributed by atoms with Crippen molar-refractivity contribution in [1.82, 2.24) is 10.2 Å². The predicted molar refractivity (Wildman–Crippen MR) is 114 cm³/mol. The first-order valence-corrected chi connectivity index (χ1v) is 10.3. The van der Waals surface area contributed by atoms with E-state index >= 15 is 0 Å². The molecule has 1 saturated carbocycles. The van der Waals surface area contributed by atoms with Crippen molar-refractivity contribution < 1.29 is 14.3 Å². The molecule has 7 heteroatoms. The molecule has 1 heterocycles. The van der Waals surface area contributed by atoms with Crippen LogP contribution in [0.3, 0.4) is 0 Å². The molecule has 29 heavy (non-hydrogen) atoms. The molecular weight excluding hydrogens is 368 g/mol. The van der Waals surface area contributed by atoms with E-state index in [0.29, 0.717) is 36.2 Å². The fourth-order valence-corrected chi connectivity index (χ4v) is 3.61. The third-order valence-corrected chi connectivity index (χ3v) is 5.23. The number of anilines is 2. The third-order valence-electron chi connectivity index (χ3n) is 5.23. The maximum Gasteiger partial charge on any atom is 0.225 e. The molecular formula is C22H30N4O3. The Balaban J connectivity index is 1.47. The summed E-state index contributed by atoms with van der Waals surface area (Å²) in [5.41, 5.74) is 1.01. The predicted octanol–water partition coefficient (Wildman–Crippen LogP) is 4.20. The number of methoxy groups -OCH3 is 2. The van der Waals surface area contributed by atoms with Gasteiger partial charge in [0.1, 0.15) is 5.82 Å². The van der Waals surface area contributed by atoms with Crippen LogP contribution in [0, 0.1) is 0 Å². The number of hydrogen-bond acceptors (Lipinski definition) is 6. The molecule has 3 rings (SSSR count). The molecule has 0 bridgehead atoms. The summed E-state index contributed by atoms with van der Waals surface area (Å²) < 4.78 is 10.5. The SMILES string of the molecule is COc1ccc(CCC(=O)Nc2ccc(NC3CCCCCC3)nn2)cc1OC. The summed E-state index contributed by atoms with van der Waals surface area (Å²) in [5, 5.41) is 14.6. The van der Waals surface area contributed by atoms with Crippen LogP contribution in [0.15, 0.2) is 30.3 Å². The molecule has 1 amide bonds. The van der Waals surface area contributed by atoms with Gasteiger partial charge in [-0.3, -0.25) is 4.79 Å². The summed E-state index contributed by atoms with van der Waals surface area (Å²) in [7, 11) is 3.20. The first-order valence-electron chi connectivity index (χ1n) is 10.3. The second-order valence-corrected chi connectivity index (χ2v) is 7.37. The van der Waals surface area contributed by atoms with Gasteiger partial charge in [-0.2, -0.15) is 0 Å². The van der Waals surface area contributed by atoms with Crippen LogP contribution >= 0.6 is 0 Å². The quantitative estimate of drug-likeness (QED) is 0.648. The number of aryl methyl sites for hydroxylation is 1. The van der Waals surface area contributed by atoms with Gasteiger partial charge in [-0.05, 0) is 49.1 Å². The summed E-state index contributed by atoms with van der Waals surface area (Å²) in [6, 6.07) is 9.80. The fourth-order valence-electron chi connectivity index (χ4n) is 3.61. The van der Waals surface area contributed by atoms with Crippen molar-refractivity contribution in [2.24, 2.45) is 0 Å². The molecule has 0 aliphatic heterocycles. The molecule has 1 aromatic heterocycles. The van der Waals surface area contributed by atoms with Crippen LogP contribution in [-0.2, 0) is 11.2 Å². The van der Waals surface area contributed by atoms with Crippen LogP contribution in [-0.4, -0.2) is 36.4 Å². The molecule has 1 aliphatic rings. The lowest BCUT2D eigenvalue weighted by Gasteiger charge is -2.16. The van der Waals surface area contributed by atoms with Gasteiger partial charge in [0.25, 0.3) is 0 Å². The molecule has 1 aromatic carbocycles. The summed E-state index contributed by atoms with van der Waals surface area (Å²) in [5.74, 6) is 2.47. The van der Waals surface area contributed by atoms with E-state index in [4.69, 9.17) is 9.47 Å². The standard InChI is InChI=1S/C22H30N4O3/c1-28-18-11-9-16(15-19(18)29-2)10-14-22(27)24-21-13-12-20(25-26-21)23-17-7-5-3-4-6-8-17/h9,11-13,15,17H,3-8,10,14H2,1-2H3,(H,23,25)(H,24,26,27). The minimum absolute atomic E-state index is 0.0986. The topological polar surface area (TPSA) is 85.4 Å². The second kappa shape index (κ2) is 10.6. The number of carbonyl (C=O) groups is 1. The molecule has 0 spiro atoms. The highest BCUT2D eigenvalue weighted by Crippen LogP contribution is 2.28. The van der Waals surface area contributed by atoms with Crippen molar-refractivity contribution in [2.45, 2.75) is 57.4 Å². The minimum Gasteiger partial charge on any atom is -0.493 e. The number of ether oxygens (including phenoxy) is 2. The van der Waals surface area contributed by atoms with Crippen LogP contribution in [0.4, 0.5) is 11.6 Å². The summed E-state index contributed by atoms with van der Waals surface area (Å²) in [6.07, 6.45) is 8.46. The first kappa shape index (κ1) is 20.9. The van der Waals surface area contributed by atoms with Crippen molar-refractivity contribution in [3.63, 3.8) is 0 Å². The molecule has 2 N–H and O–H groups in total. The monoisotopic (exact) mass is 398 g/mol. The zero-order chi connectivity index (χ0) is 20.5. The molecule has 2 aromatic rings. The largest absolute Gasteiger partial charge is 0.493 e. The maximum atomic E-state index is 12.3. The Kier molecular flexibility index (Phi) is 7.67. The van der Waals surface area contributed by atoms with E-state index in [1.54, 1.807) is 20.3 Å². The molecule has 1 aliphatic carbocycles. The van der Waals surface area contributed by atoms with E-state index in [2.05, 4.69) is 20.8 Å². The number of aromatic nitrogens is 2. The molecule has 0 unspecified atom stereocenters. The van der Waals surface area contributed by atoms with E-state index in [1.165, 1.54) is 38.5 Å². The average Bonchev–Trinajstić information content (AvgIpc) is 3.02. The van der Waals surface area contributed by atoms with Gasteiger partial charge in [0.15, 0.2) is 17.3 Å². The molecule has 0 radical (unpaired) electrons. The molecule has 0 saturated heterocycles. The van der Waals surface area contributed by atoms with Gasteiger partial charge in [0.05, 0.1) is 14.2 Å². The van der Waals surface area contributed by atoms with Crippen LogP contribution in [0.1, 0.15) is 50.5 Å². The van der Waals surface area contributed by atoms with E-state index in [9.17, 15) is 4.79 Å². The van der Waals surface area contributed by atoms with Crippen LogP contribution in [0.2, 0.25) is 0 Å². The van der Waals surface area contributed by atoms with Crippen molar-refractivity contribution >= 4 is 17.5 Å². The van der Waals surface area contributed by atoms with Crippen LogP contribution in [0.5, 0.6) is 11.5 Å². The Morgan fingerprint density at radius 3 is 2.31 bits per heavy atom. The molecule has 7 nitrogen and oxygen atoms in total. The van der Waals surface area contributed by atoms with Crippen LogP contribution in [0.25, 0.3) is 0 Å². The van der Waals surface area contributed by atoms with Gasteiger partial charge >= 0.3 is 0 Å². The van der Waals surface area contributed by atoms with Crippen molar-refractivity contribution in [3.05, 3.63) is 35.9 Å². The van der Waals surface area contributed by atoms with Crippen molar-refractivity contribution in [2.75, 3.05) is 24.9 Å². The molecule has 1 fully saturated rings. The average molecular weight is 399 g/mol. The summed E-state index contributed by atoms with van der Waals surface area (Å²) in [4.78, 5) is 12.3. The zero-order valence-electron chi connectivity index (χ0n) is 17.2. The van der Waals surface area contributed by atoms with Crippen LogP contribution < -0.4 is 20.1 Å². The Morgan fingerprint density at radius 1 is 0.966 bits per heavy atom. The Labute approximate surface area is 172 Å². The summed E-state index contributed by atoms with van der Waals surface area (Å²) in [6.45, 7) is 0. The minimum atomic E-state index is -0.0986. The number of amides is 1. The van der Waals surface area contributed by atoms with Gasteiger partial charge < -0.3 is 20.1 Å². The first-order chi connectivity index (χ1) is 14.2. The molecule has 0 atom stereocenters. The van der Waals surface area contributed by atoms with Gasteiger partial charge in [-0.15, -0.1) is 10.2 Å². The number of nitrogens with one attached hydrogen (secondary N) is 2.